The number of rotatable bonds is 2. The zero-order valence-corrected chi connectivity index (χ0v) is 12.1. The maximum atomic E-state index is 4.82. The molecule has 1 aromatic heterocycles. The minimum absolute atomic E-state index is 0.0976. The highest BCUT2D eigenvalue weighted by Crippen LogP contribution is 2.34. The first-order chi connectivity index (χ1) is 9.07. The molecule has 0 aliphatic carbocycles. The zero-order valence-electron chi connectivity index (χ0n) is 12.1. The van der Waals surface area contributed by atoms with Gasteiger partial charge in [0, 0.05) is 5.41 Å². The number of imidazole rings is 1. The molecule has 19 heavy (non-hydrogen) atoms. The Kier molecular flexibility index (Phi) is 3.09. The van der Waals surface area contributed by atoms with Gasteiger partial charge in [0.1, 0.15) is 5.82 Å². The number of nitrogens with one attached hydrogen (secondary N) is 2. The van der Waals surface area contributed by atoms with E-state index < -0.39 is 0 Å². The predicted octanol–water partition coefficient (Wildman–Crippen LogP) is 3.15. The van der Waals surface area contributed by atoms with Gasteiger partial charge in [0.25, 0.3) is 0 Å². The molecule has 3 heteroatoms. The topological polar surface area (TPSA) is 40.7 Å². The SMILES string of the molecule is Cc1ccc2nc(C(C)(C)C3CCCNC3)[nH]c2c1. The molecule has 2 heterocycles. The van der Waals surface area contributed by atoms with Crippen LogP contribution in [-0.4, -0.2) is 23.1 Å². The van der Waals surface area contributed by atoms with Crippen molar-refractivity contribution in [2.24, 2.45) is 5.92 Å². The summed E-state index contributed by atoms with van der Waals surface area (Å²) in [6.07, 6.45) is 2.56. The van der Waals surface area contributed by atoms with E-state index in [9.17, 15) is 0 Å². The fourth-order valence-corrected chi connectivity index (χ4v) is 3.09. The fraction of sp³-hybridized carbons (Fsp3) is 0.562. The lowest BCUT2D eigenvalue weighted by molar-refractivity contribution is 0.243. The van der Waals surface area contributed by atoms with Crippen molar-refractivity contribution in [1.82, 2.24) is 15.3 Å². The summed E-state index contributed by atoms with van der Waals surface area (Å²) in [6.45, 7) is 9.01. The quantitative estimate of drug-likeness (QED) is 0.867. The number of piperidine rings is 1. The van der Waals surface area contributed by atoms with Crippen LogP contribution in [0.15, 0.2) is 18.2 Å². The van der Waals surface area contributed by atoms with Crippen molar-refractivity contribution in [1.29, 1.82) is 0 Å². The molecule has 1 aliphatic heterocycles. The van der Waals surface area contributed by atoms with Gasteiger partial charge in [-0.05, 0) is 56.5 Å². The zero-order chi connectivity index (χ0) is 13.5. The van der Waals surface area contributed by atoms with E-state index >= 15 is 0 Å². The molecule has 102 valence electrons. The second-order valence-electron chi connectivity index (χ2n) is 6.37. The van der Waals surface area contributed by atoms with E-state index in [1.165, 1.54) is 18.4 Å². The van der Waals surface area contributed by atoms with Gasteiger partial charge < -0.3 is 10.3 Å². The Bertz CT molecular complexity index is 577. The van der Waals surface area contributed by atoms with E-state index in [2.05, 4.69) is 49.3 Å². The largest absolute Gasteiger partial charge is 0.342 e. The first kappa shape index (κ1) is 12.7. The molecular formula is C16H23N3. The Balaban J connectivity index is 1.97. The van der Waals surface area contributed by atoms with E-state index in [0.717, 1.165) is 29.9 Å². The van der Waals surface area contributed by atoms with E-state index in [0.29, 0.717) is 5.92 Å². The van der Waals surface area contributed by atoms with Crippen LogP contribution in [-0.2, 0) is 5.41 Å². The van der Waals surface area contributed by atoms with Crippen molar-refractivity contribution >= 4 is 11.0 Å². The Morgan fingerprint density at radius 3 is 2.89 bits per heavy atom. The van der Waals surface area contributed by atoms with Crippen LogP contribution < -0.4 is 5.32 Å². The normalized spacial score (nSPS) is 20.9. The molecule has 1 unspecified atom stereocenters. The fourth-order valence-electron chi connectivity index (χ4n) is 3.09. The third-order valence-corrected chi connectivity index (χ3v) is 4.57. The maximum absolute atomic E-state index is 4.82. The van der Waals surface area contributed by atoms with Crippen molar-refractivity contribution in [3.05, 3.63) is 29.6 Å². The highest BCUT2D eigenvalue weighted by Gasteiger charge is 2.34. The van der Waals surface area contributed by atoms with Gasteiger partial charge in [0.2, 0.25) is 0 Å². The average molecular weight is 257 g/mol. The molecule has 1 aliphatic rings. The van der Waals surface area contributed by atoms with Gasteiger partial charge in [-0.1, -0.05) is 19.9 Å². The van der Waals surface area contributed by atoms with Crippen LogP contribution in [0.25, 0.3) is 11.0 Å². The first-order valence-electron chi connectivity index (χ1n) is 7.25. The molecule has 0 amide bonds. The Labute approximate surface area is 114 Å². The number of nitrogens with zero attached hydrogens (tertiary/aromatic N) is 1. The highest BCUT2D eigenvalue weighted by atomic mass is 15.0. The van der Waals surface area contributed by atoms with E-state index in [1.54, 1.807) is 0 Å². The van der Waals surface area contributed by atoms with E-state index in [1.807, 2.05) is 0 Å². The second kappa shape index (κ2) is 4.64. The lowest BCUT2D eigenvalue weighted by Gasteiger charge is -2.35. The third kappa shape index (κ3) is 2.27. The van der Waals surface area contributed by atoms with Crippen molar-refractivity contribution in [3.8, 4) is 0 Å². The maximum Gasteiger partial charge on any atom is 0.113 e. The van der Waals surface area contributed by atoms with Crippen molar-refractivity contribution in [3.63, 3.8) is 0 Å². The second-order valence-corrected chi connectivity index (χ2v) is 6.37. The number of aromatic nitrogens is 2. The summed E-state index contributed by atoms with van der Waals surface area (Å²) in [5.74, 6) is 1.78. The van der Waals surface area contributed by atoms with Crippen LogP contribution in [0.4, 0.5) is 0 Å². The molecule has 1 fully saturated rings. The summed E-state index contributed by atoms with van der Waals surface area (Å²) >= 11 is 0. The van der Waals surface area contributed by atoms with Crippen molar-refractivity contribution < 1.29 is 0 Å². The first-order valence-corrected chi connectivity index (χ1v) is 7.25. The van der Waals surface area contributed by atoms with Gasteiger partial charge in [0.05, 0.1) is 11.0 Å². The number of hydrogen-bond donors (Lipinski definition) is 2. The Morgan fingerprint density at radius 2 is 2.16 bits per heavy atom. The van der Waals surface area contributed by atoms with Gasteiger partial charge >= 0.3 is 0 Å². The van der Waals surface area contributed by atoms with E-state index in [4.69, 9.17) is 4.98 Å². The van der Waals surface area contributed by atoms with Crippen LogP contribution in [0, 0.1) is 12.8 Å². The Hall–Kier alpha value is -1.35. The monoisotopic (exact) mass is 257 g/mol. The molecule has 0 spiro atoms. The number of aromatic amines is 1. The van der Waals surface area contributed by atoms with Crippen molar-refractivity contribution in [2.75, 3.05) is 13.1 Å². The molecule has 1 saturated heterocycles. The number of aryl methyl sites for hydroxylation is 1. The highest BCUT2D eigenvalue weighted by molar-refractivity contribution is 5.76. The lowest BCUT2D eigenvalue weighted by Crippen LogP contribution is -2.41. The lowest BCUT2D eigenvalue weighted by atomic mass is 9.74. The Morgan fingerprint density at radius 1 is 1.32 bits per heavy atom. The third-order valence-electron chi connectivity index (χ3n) is 4.57. The van der Waals surface area contributed by atoms with Crippen LogP contribution in [0.5, 0.6) is 0 Å². The summed E-state index contributed by atoms with van der Waals surface area (Å²) in [5, 5.41) is 3.51. The van der Waals surface area contributed by atoms with Gasteiger partial charge in [0.15, 0.2) is 0 Å². The molecule has 2 N–H and O–H groups in total. The van der Waals surface area contributed by atoms with Crippen LogP contribution in [0.1, 0.15) is 38.1 Å². The summed E-state index contributed by atoms with van der Waals surface area (Å²) in [4.78, 5) is 8.35. The summed E-state index contributed by atoms with van der Waals surface area (Å²) < 4.78 is 0. The molecule has 1 atom stereocenters. The smallest absolute Gasteiger partial charge is 0.113 e. The van der Waals surface area contributed by atoms with Gasteiger partial charge in [-0.2, -0.15) is 0 Å². The molecule has 0 saturated carbocycles. The van der Waals surface area contributed by atoms with Gasteiger partial charge in [-0.3, -0.25) is 0 Å². The van der Waals surface area contributed by atoms with E-state index in [-0.39, 0.29) is 5.41 Å². The van der Waals surface area contributed by atoms with Crippen molar-refractivity contribution in [2.45, 2.75) is 39.0 Å². The molecule has 3 rings (SSSR count). The predicted molar refractivity (Wildman–Crippen MR) is 79.5 cm³/mol. The number of H-pyrrole nitrogens is 1. The molecule has 0 radical (unpaired) electrons. The molecular weight excluding hydrogens is 234 g/mol. The molecule has 0 bridgehead atoms. The number of benzene rings is 1. The number of hydrogen-bond acceptors (Lipinski definition) is 2. The minimum Gasteiger partial charge on any atom is -0.342 e. The minimum atomic E-state index is 0.0976. The van der Waals surface area contributed by atoms with Crippen LogP contribution >= 0.6 is 0 Å². The summed E-state index contributed by atoms with van der Waals surface area (Å²) in [6, 6.07) is 6.42. The van der Waals surface area contributed by atoms with Gasteiger partial charge in [-0.15, -0.1) is 0 Å². The van der Waals surface area contributed by atoms with Crippen LogP contribution in [0.3, 0.4) is 0 Å². The molecule has 1 aromatic carbocycles. The standard InChI is InChI=1S/C16H23N3/c1-11-6-7-13-14(9-11)19-15(18-13)16(2,3)12-5-4-8-17-10-12/h6-7,9,12,17H,4-5,8,10H2,1-3H3,(H,18,19). The number of fused-ring (bicyclic) bond motifs is 1. The molecule has 2 aromatic rings. The average Bonchev–Trinajstić information content (AvgIpc) is 2.83. The van der Waals surface area contributed by atoms with Crippen LogP contribution in [0.2, 0.25) is 0 Å². The summed E-state index contributed by atoms with van der Waals surface area (Å²) in [5.41, 5.74) is 3.62. The molecule has 3 nitrogen and oxygen atoms in total. The van der Waals surface area contributed by atoms with Gasteiger partial charge in [-0.25, -0.2) is 4.98 Å². The summed E-state index contributed by atoms with van der Waals surface area (Å²) in [7, 11) is 0.